The largest absolute Gasteiger partial charge is 0.480 e. The summed E-state index contributed by atoms with van der Waals surface area (Å²) in [6, 6.07) is -0.903. The maximum atomic E-state index is 10.9. The molecule has 1 aromatic rings. The van der Waals surface area contributed by atoms with Crippen molar-refractivity contribution in [2.45, 2.75) is 39.0 Å². The highest BCUT2D eigenvalue weighted by Gasteiger charge is 2.18. The van der Waals surface area contributed by atoms with Crippen molar-refractivity contribution < 1.29 is 19.2 Å². The first-order chi connectivity index (χ1) is 9.38. The van der Waals surface area contributed by atoms with Crippen LogP contribution >= 0.6 is 11.8 Å². The Kier molecular flexibility index (Phi) is 6.50. The van der Waals surface area contributed by atoms with Gasteiger partial charge in [-0.05, 0) is 5.92 Å². The van der Waals surface area contributed by atoms with Crippen LogP contribution in [0.4, 0.5) is 0 Å². The molecule has 0 bridgehead atoms. The number of nitrogens with one attached hydrogen (secondary N) is 1. The van der Waals surface area contributed by atoms with Gasteiger partial charge in [0.15, 0.2) is 5.82 Å². The van der Waals surface area contributed by atoms with Crippen LogP contribution in [0.5, 0.6) is 0 Å². The van der Waals surface area contributed by atoms with Crippen molar-refractivity contribution in [2.24, 2.45) is 5.92 Å². The zero-order chi connectivity index (χ0) is 15.1. The number of carboxylic acid groups (broad SMARTS) is 1. The molecule has 0 saturated carbocycles. The topological polar surface area (TPSA) is 105 Å². The Balaban J connectivity index is 2.40. The number of aromatic nitrogens is 2. The number of carboxylic acids is 1. The van der Waals surface area contributed by atoms with Crippen molar-refractivity contribution >= 4 is 23.6 Å². The summed E-state index contributed by atoms with van der Waals surface area (Å²) >= 11 is 1.34. The first kappa shape index (κ1) is 16.5. The van der Waals surface area contributed by atoms with E-state index in [1.54, 1.807) is 0 Å². The Morgan fingerprint density at radius 2 is 2.15 bits per heavy atom. The summed E-state index contributed by atoms with van der Waals surface area (Å²) in [5.74, 6) is 0.851. The van der Waals surface area contributed by atoms with Gasteiger partial charge < -0.3 is 14.9 Å². The van der Waals surface area contributed by atoms with E-state index in [0.29, 0.717) is 23.4 Å². The Hall–Kier alpha value is -1.57. The number of aliphatic carboxylic acids is 1. The van der Waals surface area contributed by atoms with Gasteiger partial charge >= 0.3 is 5.97 Å². The number of hydrogen-bond acceptors (Lipinski definition) is 6. The zero-order valence-corrected chi connectivity index (χ0v) is 12.6. The number of carbonyl (C=O) groups excluding carboxylic acids is 1. The Bertz CT molecular complexity index is 461. The smallest absolute Gasteiger partial charge is 0.327 e. The maximum absolute atomic E-state index is 10.9. The molecule has 1 amide bonds. The minimum absolute atomic E-state index is 0.253. The SMILES string of the molecule is CC(=O)NC(CSCc1noc(CC(C)C)n1)C(=O)O. The average molecular weight is 301 g/mol. The van der Waals surface area contributed by atoms with E-state index in [1.807, 2.05) is 0 Å². The molecule has 112 valence electrons. The summed E-state index contributed by atoms with van der Waals surface area (Å²) in [6.45, 7) is 5.41. The molecule has 0 radical (unpaired) electrons. The fourth-order valence-electron chi connectivity index (χ4n) is 1.47. The van der Waals surface area contributed by atoms with Gasteiger partial charge in [0, 0.05) is 19.1 Å². The second-order valence-corrected chi connectivity index (χ2v) is 5.84. The summed E-state index contributed by atoms with van der Waals surface area (Å²) in [5, 5.41) is 15.1. The summed E-state index contributed by atoms with van der Waals surface area (Å²) in [4.78, 5) is 26.0. The van der Waals surface area contributed by atoms with E-state index in [4.69, 9.17) is 9.63 Å². The van der Waals surface area contributed by atoms with Crippen molar-refractivity contribution in [1.29, 1.82) is 0 Å². The van der Waals surface area contributed by atoms with E-state index in [2.05, 4.69) is 29.3 Å². The van der Waals surface area contributed by atoms with Gasteiger partial charge in [0.1, 0.15) is 6.04 Å². The van der Waals surface area contributed by atoms with Gasteiger partial charge in [-0.15, -0.1) is 0 Å². The van der Waals surface area contributed by atoms with Gasteiger partial charge in [0.2, 0.25) is 11.8 Å². The van der Waals surface area contributed by atoms with Crippen molar-refractivity contribution in [1.82, 2.24) is 15.5 Å². The highest BCUT2D eigenvalue weighted by atomic mass is 32.2. The third-order valence-electron chi connectivity index (χ3n) is 2.28. The van der Waals surface area contributed by atoms with Crippen molar-refractivity contribution in [3.63, 3.8) is 0 Å². The molecule has 1 heterocycles. The van der Waals surface area contributed by atoms with E-state index in [9.17, 15) is 9.59 Å². The molecule has 1 rings (SSSR count). The van der Waals surface area contributed by atoms with Crippen LogP contribution in [-0.2, 0) is 21.8 Å². The highest BCUT2D eigenvalue weighted by Crippen LogP contribution is 2.12. The normalized spacial score (nSPS) is 12.4. The highest BCUT2D eigenvalue weighted by molar-refractivity contribution is 7.98. The van der Waals surface area contributed by atoms with Crippen LogP contribution in [0.1, 0.15) is 32.5 Å². The summed E-state index contributed by atoms with van der Waals surface area (Å²) < 4.78 is 5.08. The van der Waals surface area contributed by atoms with E-state index < -0.39 is 12.0 Å². The minimum Gasteiger partial charge on any atom is -0.480 e. The fourth-order valence-corrected chi connectivity index (χ4v) is 2.35. The van der Waals surface area contributed by atoms with Crippen LogP contribution in [0.15, 0.2) is 4.52 Å². The van der Waals surface area contributed by atoms with Crippen LogP contribution in [0, 0.1) is 5.92 Å². The summed E-state index contributed by atoms with van der Waals surface area (Å²) in [6.07, 6.45) is 0.724. The molecular formula is C12H19N3O4S. The molecule has 20 heavy (non-hydrogen) atoms. The van der Waals surface area contributed by atoms with Gasteiger partial charge in [0.05, 0.1) is 5.75 Å². The summed E-state index contributed by atoms with van der Waals surface area (Å²) in [7, 11) is 0. The molecular weight excluding hydrogens is 282 g/mol. The van der Waals surface area contributed by atoms with Crippen LogP contribution in [-0.4, -0.2) is 38.9 Å². The van der Waals surface area contributed by atoms with E-state index in [-0.39, 0.29) is 11.7 Å². The molecule has 0 fully saturated rings. The first-order valence-corrected chi connectivity index (χ1v) is 7.43. The van der Waals surface area contributed by atoms with Gasteiger partial charge in [-0.1, -0.05) is 19.0 Å². The lowest BCUT2D eigenvalue weighted by Crippen LogP contribution is -2.41. The number of amides is 1. The molecule has 0 aliphatic carbocycles. The van der Waals surface area contributed by atoms with Crippen LogP contribution < -0.4 is 5.32 Å². The van der Waals surface area contributed by atoms with Crippen LogP contribution in [0.3, 0.4) is 0 Å². The molecule has 1 unspecified atom stereocenters. The quantitative estimate of drug-likeness (QED) is 0.740. The van der Waals surface area contributed by atoms with E-state index >= 15 is 0 Å². The third kappa shape index (κ3) is 6.05. The van der Waals surface area contributed by atoms with E-state index in [1.165, 1.54) is 18.7 Å². The fraction of sp³-hybridized carbons (Fsp3) is 0.667. The lowest BCUT2D eigenvalue weighted by atomic mass is 10.1. The second-order valence-electron chi connectivity index (χ2n) is 4.81. The van der Waals surface area contributed by atoms with Crippen molar-refractivity contribution in [3.8, 4) is 0 Å². The number of nitrogens with zero attached hydrogens (tertiary/aromatic N) is 2. The second kappa shape index (κ2) is 7.88. The van der Waals surface area contributed by atoms with Gasteiger partial charge in [0.25, 0.3) is 0 Å². The molecule has 0 aliphatic rings. The van der Waals surface area contributed by atoms with Crippen molar-refractivity contribution in [2.75, 3.05) is 5.75 Å². The molecule has 0 spiro atoms. The van der Waals surface area contributed by atoms with Gasteiger partial charge in [-0.2, -0.15) is 16.7 Å². The van der Waals surface area contributed by atoms with Gasteiger partial charge in [-0.25, -0.2) is 4.79 Å². The molecule has 2 N–H and O–H groups in total. The third-order valence-corrected chi connectivity index (χ3v) is 3.32. The molecule has 8 heteroatoms. The lowest BCUT2D eigenvalue weighted by molar-refractivity contribution is -0.140. The molecule has 0 aliphatic heterocycles. The first-order valence-electron chi connectivity index (χ1n) is 6.27. The number of rotatable bonds is 8. The minimum atomic E-state index is -1.05. The number of carbonyl (C=O) groups is 2. The lowest BCUT2D eigenvalue weighted by Gasteiger charge is -2.11. The van der Waals surface area contributed by atoms with E-state index in [0.717, 1.165) is 6.42 Å². The standard InChI is InChI=1S/C12H19N3O4S/c1-7(2)4-11-14-10(15-19-11)6-20-5-9(12(17)18)13-8(3)16/h7,9H,4-6H2,1-3H3,(H,13,16)(H,17,18). The Labute approximate surface area is 121 Å². The predicted molar refractivity (Wildman–Crippen MR) is 74.2 cm³/mol. The molecule has 1 atom stereocenters. The monoisotopic (exact) mass is 301 g/mol. The van der Waals surface area contributed by atoms with Gasteiger partial charge in [-0.3, -0.25) is 4.79 Å². The molecule has 0 saturated heterocycles. The molecule has 0 aromatic carbocycles. The average Bonchev–Trinajstić information content (AvgIpc) is 2.73. The molecule has 1 aromatic heterocycles. The Morgan fingerprint density at radius 1 is 1.45 bits per heavy atom. The molecule has 7 nitrogen and oxygen atoms in total. The summed E-state index contributed by atoms with van der Waals surface area (Å²) in [5.41, 5.74) is 0. The number of thioether (sulfide) groups is 1. The van der Waals surface area contributed by atoms with Crippen molar-refractivity contribution in [3.05, 3.63) is 11.7 Å². The zero-order valence-electron chi connectivity index (χ0n) is 11.8. The predicted octanol–water partition coefficient (Wildman–Crippen LogP) is 1.09. The Morgan fingerprint density at radius 3 is 2.70 bits per heavy atom. The number of hydrogen-bond donors (Lipinski definition) is 2. The maximum Gasteiger partial charge on any atom is 0.327 e. The van der Waals surface area contributed by atoms with Crippen LogP contribution in [0.25, 0.3) is 0 Å². The van der Waals surface area contributed by atoms with Crippen LogP contribution in [0.2, 0.25) is 0 Å².